The first-order valence-corrected chi connectivity index (χ1v) is 10.8. The van der Waals surface area contributed by atoms with E-state index in [9.17, 15) is 19.5 Å². The third-order valence-electron chi connectivity index (χ3n) is 5.49. The van der Waals surface area contributed by atoms with Gasteiger partial charge in [-0.25, -0.2) is 4.79 Å². The number of anilines is 1. The van der Waals surface area contributed by atoms with E-state index >= 15 is 0 Å². The van der Waals surface area contributed by atoms with Crippen LogP contribution in [0.5, 0.6) is 0 Å². The molecule has 0 bridgehead atoms. The van der Waals surface area contributed by atoms with Gasteiger partial charge in [-0.15, -0.1) is 5.10 Å². The minimum Gasteiger partial charge on any atom is -0.480 e. The molecule has 10 heteroatoms. The van der Waals surface area contributed by atoms with Gasteiger partial charge in [0.15, 0.2) is 0 Å². The number of hydrogen-bond donors (Lipinski definition) is 3. The van der Waals surface area contributed by atoms with Gasteiger partial charge in [-0.2, -0.15) is 0 Å². The van der Waals surface area contributed by atoms with Crippen LogP contribution in [0.4, 0.5) is 5.69 Å². The van der Waals surface area contributed by atoms with Gasteiger partial charge < -0.3 is 20.5 Å². The zero-order valence-corrected chi connectivity index (χ0v) is 18.1. The maximum absolute atomic E-state index is 12.3. The van der Waals surface area contributed by atoms with Crippen molar-refractivity contribution in [2.75, 3.05) is 19.0 Å². The van der Waals surface area contributed by atoms with E-state index in [-0.39, 0.29) is 5.92 Å². The molecule has 1 heterocycles. The number of aromatic nitrogens is 3. The summed E-state index contributed by atoms with van der Waals surface area (Å²) in [5.74, 6) is -2.26. The van der Waals surface area contributed by atoms with E-state index in [1.165, 1.54) is 0 Å². The Labute approximate surface area is 186 Å². The molecular weight excluding hydrogens is 414 g/mol. The minimum atomic E-state index is -1.06. The molecule has 0 spiro atoms. The van der Waals surface area contributed by atoms with Crippen LogP contribution in [0.15, 0.2) is 30.5 Å². The highest BCUT2D eigenvalue weighted by Gasteiger charge is 2.32. The molecule has 10 nitrogen and oxygen atoms in total. The second-order valence-corrected chi connectivity index (χ2v) is 7.95. The largest absolute Gasteiger partial charge is 0.480 e. The first-order chi connectivity index (χ1) is 15.5. The molecule has 1 unspecified atom stereocenters. The smallest absolute Gasteiger partial charge is 0.326 e. The normalized spacial score (nSPS) is 14.8. The van der Waals surface area contributed by atoms with E-state index in [0.717, 1.165) is 37.7 Å². The van der Waals surface area contributed by atoms with Gasteiger partial charge in [-0.1, -0.05) is 30.2 Å². The Morgan fingerprint density at radius 2 is 2.03 bits per heavy atom. The molecule has 32 heavy (non-hydrogen) atoms. The van der Waals surface area contributed by atoms with Crippen molar-refractivity contribution in [3.05, 3.63) is 30.5 Å². The zero-order valence-electron chi connectivity index (χ0n) is 18.1. The van der Waals surface area contributed by atoms with Crippen LogP contribution < -0.4 is 10.6 Å². The van der Waals surface area contributed by atoms with Crippen molar-refractivity contribution in [3.8, 4) is 11.3 Å². The van der Waals surface area contributed by atoms with Crippen LogP contribution in [-0.2, 0) is 25.7 Å². The van der Waals surface area contributed by atoms with Crippen molar-refractivity contribution in [1.82, 2.24) is 20.3 Å². The molecule has 1 saturated carbocycles. The highest BCUT2D eigenvalue weighted by atomic mass is 16.5. The number of carbonyl (C=O) groups is 3. The van der Waals surface area contributed by atoms with Gasteiger partial charge in [0.2, 0.25) is 11.8 Å². The summed E-state index contributed by atoms with van der Waals surface area (Å²) in [6, 6.07) is 6.13. The fourth-order valence-electron chi connectivity index (χ4n) is 3.91. The average molecular weight is 444 g/mol. The quantitative estimate of drug-likeness (QED) is 0.357. The predicted molar refractivity (Wildman–Crippen MR) is 117 cm³/mol. The van der Waals surface area contributed by atoms with Crippen molar-refractivity contribution in [2.24, 2.45) is 5.92 Å². The Morgan fingerprint density at radius 3 is 2.75 bits per heavy atom. The maximum atomic E-state index is 12.3. The summed E-state index contributed by atoms with van der Waals surface area (Å²) in [4.78, 5) is 36.1. The van der Waals surface area contributed by atoms with Crippen LogP contribution in [0, 0.1) is 5.92 Å². The summed E-state index contributed by atoms with van der Waals surface area (Å²) in [7, 11) is 1.65. The van der Waals surface area contributed by atoms with Crippen LogP contribution in [0.2, 0.25) is 0 Å². The molecule has 1 fully saturated rings. The number of nitrogens with one attached hydrogen (secondary N) is 2. The molecule has 1 atom stereocenters. The Bertz CT molecular complexity index is 938. The van der Waals surface area contributed by atoms with Crippen LogP contribution >= 0.6 is 0 Å². The monoisotopic (exact) mass is 443 g/mol. The standard InChI is InChI=1S/C22H29N5O5/c1-32-11-5-10-27-14-18(25-26-27)16-8-4-9-17(12-16)23-19(28)13-20(29)24-21(22(30)31)15-6-2-3-7-15/h4,8-9,12,14-15,21H,2-3,5-7,10-11,13H2,1H3,(H,23,28)(H,24,29)(H,30,31). The summed E-state index contributed by atoms with van der Waals surface area (Å²) in [6.45, 7) is 1.32. The van der Waals surface area contributed by atoms with Gasteiger partial charge in [-0.05, 0) is 37.3 Å². The molecule has 0 saturated heterocycles. The molecule has 1 aromatic heterocycles. The highest BCUT2D eigenvalue weighted by Crippen LogP contribution is 2.28. The number of rotatable bonds is 11. The number of amides is 2. The lowest BCUT2D eigenvalue weighted by Crippen LogP contribution is -2.46. The van der Waals surface area contributed by atoms with Gasteiger partial charge in [-0.3, -0.25) is 14.3 Å². The second kappa shape index (κ2) is 11.4. The zero-order chi connectivity index (χ0) is 22.9. The van der Waals surface area contributed by atoms with Crippen molar-refractivity contribution >= 4 is 23.5 Å². The maximum Gasteiger partial charge on any atom is 0.326 e. The van der Waals surface area contributed by atoms with Crippen LogP contribution in [0.1, 0.15) is 38.5 Å². The summed E-state index contributed by atoms with van der Waals surface area (Å²) >= 11 is 0. The predicted octanol–water partition coefficient (Wildman–Crippen LogP) is 2.07. The van der Waals surface area contributed by atoms with E-state index in [4.69, 9.17) is 4.74 Å². The molecule has 1 aliphatic rings. The van der Waals surface area contributed by atoms with Crippen LogP contribution in [0.25, 0.3) is 11.3 Å². The minimum absolute atomic E-state index is 0.0842. The summed E-state index contributed by atoms with van der Waals surface area (Å²) in [5, 5.41) is 22.9. The summed E-state index contributed by atoms with van der Waals surface area (Å²) in [5.41, 5.74) is 1.95. The van der Waals surface area contributed by atoms with E-state index in [0.29, 0.717) is 24.5 Å². The van der Waals surface area contributed by atoms with Crippen molar-refractivity contribution < 1.29 is 24.2 Å². The third-order valence-corrected chi connectivity index (χ3v) is 5.49. The second-order valence-electron chi connectivity index (χ2n) is 7.95. The Hall–Kier alpha value is -3.27. The first-order valence-electron chi connectivity index (χ1n) is 10.8. The number of methoxy groups -OCH3 is 1. The molecule has 2 amide bonds. The number of carboxylic acids is 1. The van der Waals surface area contributed by atoms with Gasteiger partial charge in [0.05, 0.1) is 6.20 Å². The van der Waals surface area contributed by atoms with E-state index in [2.05, 4.69) is 20.9 Å². The molecular formula is C22H29N5O5. The lowest BCUT2D eigenvalue weighted by molar-refractivity contribution is -0.144. The van der Waals surface area contributed by atoms with Gasteiger partial charge >= 0.3 is 5.97 Å². The lowest BCUT2D eigenvalue weighted by Gasteiger charge is -2.20. The molecule has 172 valence electrons. The topological polar surface area (TPSA) is 135 Å². The molecule has 3 rings (SSSR count). The summed E-state index contributed by atoms with van der Waals surface area (Å²) < 4.78 is 6.76. The van der Waals surface area contributed by atoms with E-state index < -0.39 is 30.2 Å². The van der Waals surface area contributed by atoms with Crippen LogP contribution in [0.3, 0.4) is 0 Å². The lowest BCUT2D eigenvalue weighted by atomic mass is 9.98. The Morgan fingerprint density at radius 1 is 1.25 bits per heavy atom. The number of hydrogen-bond acceptors (Lipinski definition) is 6. The Balaban J connectivity index is 1.55. The summed E-state index contributed by atoms with van der Waals surface area (Å²) in [6.07, 6.45) is 5.65. The SMILES string of the molecule is COCCCn1cc(-c2cccc(NC(=O)CC(=O)NC(C(=O)O)C3CCCC3)c2)nn1. The number of carbonyl (C=O) groups excluding carboxylic acids is 2. The fraction of sp³-hybridized carbons (Fsp3) is 0.500. The molecule has 1 aliphatic carbocycles. The van der Waals surface area contributed by atoms with Crippen molar-refractivity contribution in [2.45, 2.75) is 51.1 Å². The molecule has 3 N–H and O–H groups in total. The molecule has 1 aromatic carbocycles. The third kappa shape index (κ3) is 6.61. The fourth-order valence-corrected chi connectivity index (χ4v) is 3.91. The van der Waals surface area contributed by atoms with Gasteiger partial charge in [0.1, 0.15) is 18.2 Å². The number of carboxylic acid groups (broad SMARTS) is 1. The van der Waals surface area contributed by atoms with Crippen molar-refractivity contribution in [1.29, 1.82) is 0 Å². The number of aryl methyl sites for hydroxylation is 1. The molecule has 2 aromatic rings. The van der Waals surface area contributed by atoms with Crippen LogP contribution in [-0.4, -0.2) is 57.6 Å². The number of ether oxygens (including phenoxy) is 1. The van der Waals surface area contributed by atoms with E-state index in [1.54, 1.807) is 30.0 Å². The molecule has 0 aliphatic heterocycles. The van der Waals surface area contributed by atoms with Crippen molar-refractivity contribution in [3.63, 3.8) is 0 Å². The molecule has 0 radical (unpaired) electrons. The number of benzene rings is 1. The Kier molecular flexibility index (Phi) is 8.32. The highest BCUT2D eigenvalue weighted by molar-refractivity contribution is 6.04. The average Bonchev–Trinajstić information content (AvgIpc) is 3.44. The van der Waals surface area contributed by atoms with Gasteiger partial charge in [0.25, 0.3) is 0 Å². The first kappa shape index (κ1) is 23.4. The van der Waals surface area contributed by atoms with E-state index in [1.807, 2.05) is 12.3 Å². The number of aliphatic carboxylic acids is 1. The number of nitrogens with zero attached hydrogens (tertiary/aromatic N) is 3. The van der Waals surface area contributed by atoms with Gasteiger partial charge in [0, 0.05) is 31.5 Å².